The van der Waals surface area contributed by atoms with Crippen LogP contribution in [-0.2, 0) is 5.41 Å². The van der Waals surface area contributed by atoms with Crippen molar-refractivity contribution in [2.75, 3.05) is 26.0 Å². The molecule has 2 N–H and O–H groups in total. The molecule has 0 aromatic heterocycles. The van der Waals surface area contributed by atoms with Gasteiger partial charge in [-0.2, -0.15) is 0 Å². The fourth-order valence-electron chi connectivity index (χ4n) is 2.45. The van der Waals surface area contributed by atoms with Crippen LogP contribution in [0.5, 0.6) is 0 Å². The number of nitrogens with zero attached hydrogens (tertiary/aromatic N) is 1. The smallest absolute Gasteiger partial charge is 0.319 e. The molecule has 28 heavy (non-hydrogen) atoms. The van der Waals surface area contributed by atoms with Gasteiger partial charge in [-0.25, -0.2) is 4.79 Å². The van der Waals surface area contributed by atoms with Gasteiger partial charge in [0.1, 0.15) is 0 Å². The van der Waals surface area contributed by atoms with Gasteiger partial charge < -0.3 is 15.5 Å². The summed E-state index contributed by atoms with van der Waals surface area (Å²) in [5, 5.41) is 5.50. The number of hydrogen-bond donors (Lipinski definition) is 2. The highest BCUT2D eigenvalue weighted by molar-refractivity contribution is 5.94. The Morgan fingerprint density at radius 1 is 0.964 bits per heavy atom. The number of amides is 3. The van der Waals surface area contributed by atoms with Crippen molar-refractivity contribution in [2.24, 2.45) is 0 Å². The molecule has 0 fully saturated rings. The zero-order chi connectivity index (χ0) is 20.7. The largest absolute Gasteiger partial charge is 0.345 e. The van der Waals surface area contributed by atoms with Gasteiger partial charge in [0.05, 0.1) is 6.54 Å². The Kier molecular flexibility index (Phi) is 6.84. The average molecular weight is 377 g/mol. The van der Waals surface area contributed by atoms with E-state index in [0.29, 0.717) is 5.56 Å². The molecule has 3 amide bonds. The SMILES string of the molecule is CN(C)C(=O)c1ccc(C#CCNC(=O)Nc2ccc(C(C)(C)C)cc2)cc1. The van der Waals surface area contributed by atoms with Gasteiger partial charge in [0.2, 0.25) is 0 Å². The van der Waals surface area contributed by atoms with E-state index in [2.05, 4.69) is 43.2 Å². The molecule has 5 nitrogen and oxygen atoms in total. The average Bonchev–Trinajstić information content (AvgIpc) is 2.65. The molecule has 0 unspecified atom stereocenters. The normalized spacial score (nSPS) is 10.5. The molecule has 0 heterocycles. The van der Waals surface area contributed by atoms with E-state index in [9.17, 15) is 9.59 Å². The van der Waals surface area contributed by atoms with E-state index < -0.39 is 0 Å². The molecule has 0 radical (unpaired) electrons. The Hall–Kier alpha value is -3.26. The van der Waals surface area contributed by atoms with Crippen molar-refractivity contribution in [1.82, 2.24) is 10.2 Å². The van der Waals surface area contributed by atoms with Gasteiger partial charge in [-0.1, -0.05) is 44.7 Å². The lowest BCUT2D eigenvalue weighted by molar-refractivity contribution is 0.0827. The molecule has 0 saturated carbocycles. The summed E-state index contributed by atoms with van der Waals surface area (Å²) in [7, 11) is 3.43. The third-order valence-corrected chi connectivity index (χ3v) is 4.12. The van der Waals surface area contributed by atoms with Crippen LogP contribution in [-0.4, -0.2) is 37.5 Å². The minimum Gasteiger partial charge on any atom is -0.345 e. The minimum atomic E-state index is -0.301. The van der Waals surface area contributed by atoms with Gasteiger partial charge in [0.25, 0.3) is 5.91 Å². The Bertz CT molecular complexity index is 881. The van der Waals surface area contributed by atoms with Crippen molar-refractivity contribution < 1.29 is 9.59 Å². The van der Waals surface area contributed by atoms with Crippen molar-refractivity contribution in [1.29, 1.82) is 0 Å². The molecule has 0 aliphatic heterocycles. The van der Waals surface area contributed by atoms with Crippen LogP contribution in [0, 0.1) is 11.8 Å². The first-order chi connectivity index (χ1) is 13.2. The molecule has 5 heteroatoms. The summed E-state index contributed by atoms with van der Waals surface area (Å²) in [4.78, 5) is 25.3. The minimum absolute atomic E-state index is 0.0478. The maximum Gasteiger partial charge on any atom is 0.319 e. The van der Waals surface area contributed by atoms with Gasteiger partial charge in [0.15, 0.2) is 0 Å². The Balaban J connectivity index is 1.83. The molecule has 2 rings (SSSR count). The summed E-state index contributed by atoms with van der Waals surface area (Å²) >= 11 is 0. The van der Waals surface area contributed by atoms with Crippen LogP contribution in [0.2, 0.25) is 0 Å². The lowest BCUT2D eigenvalue weighted by Crippen LogP contribution is -2.28. The number of carbonyl (C=O) groups excluding carboxylic acids is 2. The zero-order valence-electron chi connectivity index (χ0n) is 17.1. The Labute approximate surface area is 167 Å². The van der Waals surface area contributed by atoms with Crippen LogP contribution in [0.4, 0.5) is 10.5 Å². The second-order valence-corrected chi connectivity index (χ2v) is 7.71. The third-order valence-electron chi connectivity index (χ3n) is 4.12. The van der Waals surface area contributed by atoms with Crippen LogP contribution < -0.4 is 10.6 Å². The molecule has 0 aliphatic rings. The molecule has 0 aliphatic carbocycles. The molecule has 0 atom stereocenters. The monoisotopic (exact) mass is 377 g/mol. The number of nitrogens with one attached hydrogen (secondary N) is 2. The van der Waals surface area contributed by atoms with Crippen LogP contribution in [0.3, 0.4) is 0 Å². The second kappa shape index (κ2) is 9.09. The molecule has 2 aromatic carbocycles. The predicted molar refractivity (Wildman–Crippen MR) is 114 cm³/mol. The summed E-state index contributed by atoms with van der Waals surface area (Å²) < 4.78 is 0. The highest BCUT2D eigenvalue weighted by Gasteiger charge is 2.13. The highest BCUT2D eigenvalue weighted by atomic mass is 16.2. The maximum absolute atomic E-state index is 12.0. The van der Waals surface area contributed by atoms with Gasteiger partial charge in [-0.15, -0.1) is 0 Å². The van der Waals surface area contributed by atoms with E-state index >= 15 is 0 Å². The second-order valence-electron chi connectivity index (χ2n) is 7.71. The molecular weight excluding hydrogens is 350 g/mol. The van der Waals surface area contributed by atoms with E-state index in [1.807, 2.05) is 24.3 Å². The first kappa shape index (κ1) is 21.0. The van der Waals surface area contributed by atoms with Crippen molar-refractivity contribution >= 4 is 17.6 Å². The van der Waals surface area contributed by atoms with Gasteiger partial charge >= 0.3 is 6.03 Å². The van der Waals surface area contributed by atoms with Crippen molar-refractivity contribution in [3.05, 3.63) is 65.2 Å². The Morgan fingerprint density at radius 2 is 1.57 bits per heavy atom. The molecule has 146 valence electrons. The van der Waals surface area contributed by atoms with Gasteiger partial charge in [0, 0.05) is 30.9 Å². The van der Waals surface area contributed by atoms with Crippen LogP contribution in [0.25, 0.3) is 0 Å². The number of hydrogen-bond acceptors (Lipinski definition) is 2. The number of urea groups is 1. The summed E-state index contributed by atoms with van der Waals surface area (Å²) in [6, 6.07) is 14.6. The number of carbonyl (C=O) groups is 2. The summed E-state index contributed by atoms with van der Waals surface area (Å²) in [5.74, 6) is 5.82. The summed E-state index contributed by atoms with van der Waals surface area (Å²) in [6.07, 6.45) is 0. The van der Waals surface area contributed by atoms with Crippen molar-refractivity contribution in [3.8, 4) is 11.8 Å². The van der Waals surface area contributed by atoms with E-state index in [1.165, 1.54) is 10.5 Å². The van der Waals surface area contributed by atoms with Crippen molar-refractivity contribution in [2.45, 2.75) is 26.2 Å². The van der Waals surface area contributed by atoms with Gasteiger partial charge in [-0.05, 0) is 47.4 Å². The van der Waals surface area contributed by atoms with Crippen LogP contribution in [0.1, 0.15) is 42.3 Å². The maximum atomic E-state index is 12.0. The van der Waals surface area contributed by atoms with Crippen LogP contribution in [0.15, 0.2) is 48.5 Å². The fourth-order valence-corrected chi connectivity index (χ4v) is 2.45. The third kappa shape index (κ3) is 6.17. The number of benzene rings is 2. The predicted octanol–water partition coefficient (Wildman–Crippen LogP) is 3.86. The molecular formula is C23H27N3O2. The standard InChI is InChI=1S/C23H27N3O2/c1-23(2,3)19-12-14-20(15-13-19)25-22(28)24-16-6-7-17-8-10-18(11-9-17)21(27)26(4)5/h8-15H,16H2,1-5H3,(H2,24,25,28). The lowest BCUT2D eigenvalue weighted by atomic mass is 9.87. The quantitative estimate of drug-likeness (QED) is 0.798. The van der Waals surface area contributed by atoms with Crippen LogP contribution >= 0.6 is 0 Å². The first-order valence-corrected chi connectivity index (χ1v) is 9.13. The highest BCUT2D eigenvalue weighted by Crippen LogP contribution is 2.23. The van der Waals surface area contributed by atoms with E-state index in [-0.39, 0.29) is 23.9 Å². The summed E-state index contributed by atoms with van der Waals surface area (Å²) in [6.45, 7) is 6.67. The van der Waals surface area contributed by atoms with E-state index in [4.69, 9.17) is 0 Å². The first-order valence-electron chi connectivity index (χ1n) is 9.13. The topological polar surface area (TPSA) is 61.4 Å². The lowest BCUT2D eigenvalue weighted by Gasteiger charge is -2.19. The number of rotatable bonds is 3. The number of anilines is 1. The molecule has 0 spiro atoms. The van der Waals surface area contributed by atoms with Gasteiger partial charge in [-0.3, -0.25) is 4.79 Å². The fraction of sp³-hybridized carbons (Fsp3) is 0.304. The van der Waals surface area contributed by atoms with E-state index in [1.54, 1.807) is 38.4 Å². The Morgan fingerprint density at radius 3 is 2.11 bits per heavy atom. The summed E-state index contributed by atoms with van der Waals surface area (Å²) in [5.41, 5.74) is 3.43. The zero-order valence-corrected chi connectivity index (χ0v) is 17.1. The van der Waals surface area contributed by atoms with Crippen molar-refractivity contribution in [3.63, 3.8) is 0 Å². The molecule has 0 bridgehead atoms. The molecule has 2 aromatic rings. The van der Waals surface area contributed by atoms with E-state index in [0.717, 1.165) is 11.3 Å². The molecule has 0 saturated heterocycles.